The highest BCUT2D eigenvalue weighted by molar-refractivity contribution is 9.10. The first-order valence-corrected chi connectivity index (χ1v) is 8.78. The van der Waals surface area contributed by atoms with Gasteiger partial charge in [0.25, 0.3) is 5.91 Å². The van der Waals surface area contributed by atoms with Crippen LogP contribution in [-0.2, 0) is 19.1 Å². The van der Waals surface area contributed by atoms with Crippen LogP contribution in [0.15, 0.2) is 28.2 Å². The molecule has 1 aromatic carbocycles. The number of carbonyl (C=O) groups is 2. The Morgan fingerprint density at radius 3 is 2.77 bits per heavy atom. The van der Waals surface area contributed by atoms with Crippen molar-refractivity contribution in [3.63, 3.8) is 0 Å². The largest absolute Gasteiger partial charge is 0.481 e. The highest BCUT2D eigenvalue weighted by Crippen LogP contribution is 2.27. The standard InChI is InChI=1S/C18H21BrN2O5/c1-3-25-17(22)12-26-16-6-5-13(10-15(16)19)9-14(11-20)18(23)21-7-4-8-24-2/h5-6,9-10H,3-4,7-8,12H2,1-2H3,(H,21,23)/b14-9+. The number of rotatable bonds is 10. The van der Waals surface area contributed by atoms with Crippen LogP contribution in [0.1, 0.15) is 18.9 Å². The summed E-state index contributed by atoms with van der Waals surface area (Å²) in [6.45, 7) is 2.77. The molecule has 0 spiro atoms. The van der Waals surface area contributed by atoms with E-state index in [1.54, 1.807) is 32.2 Å². The van der Waals surface area contributed by atoms with Gasteiger partial charge >= 0.3 is 5.97 Å². The number of hydrogen-bond donors (Lipinski definition) is 1. The number of ether oxygens (including phenoxy) is 3. The lowest BCUT2D eigenvalue weighted by Gasteiger charge is -2.08. The van der Waals surface area contributed by atoms with Gasteiger partial charge in [0.2, 0.25) is 0 Å². The summed E-state index contributed by atoms with van der Waals surface area (Å²) in [5.41, 5.74) is 0.637. The van der Waals surface area contributed by atoms with Gasteiger partial charge in [-0.05, 0) is 53.0 Å². The lowest BCUT2D eigenvalue weighted by molar-refractivity contribution is -0.145. The fourth-order valence-electron chi connectivity index (χ4n) is 1.89. The number of hydrogen-bond acceptors (Lipinski definition) is 6. The Morgan fingerprint density at radius 1 is 1.38 bits per heavy atom. The molecule has 7 nitrogen and oxygen atoms in total. The summed E-state index contributed by atoms with van der Waals surface area (Å²) in [5.74, 6) is -0.444. The predicted octanol–water partition coefficient (Wildman–Crippen LogP) is 2.45. The molecule has 1 rings (SSSR count). The van der Waals surface area contributed by atoms with E-state index < -0.39 is 11.9 Å². The summed E-state index contributed by atoms with van der Waals surface area (Å²) in [5, 5.41) is 11.9. The van der Waals surface area contributed by atoms with Crippen LogP contribution in [-0.4, -0.2) is 45.4 Å². The molecule has 0 aromatic heterocycles. The Labute approximate surface area is 161 Å². The zero-order valence-corrected chi connectivity index (χ0v) is 16.3. The van der Waals surface area contributed by atoms with Crippen LogP contribution >= 0.6 is 15.9 Å². The Bertz CT molecular complexity index is 697. The highest BCUT2D eigenvalue weighted by atomic mass is 79.9. The van der Waals surface area contributed by atoms with Gasteiger partial charge in [-0.1, -0.05) is 6.07 Å². The minimum atomic E-state index is -0.458. The van der Waals surface area contributed by atoms with Crippen molar-refractivity contribution in [3.8, 4) is 11.8 Å². The maximum absolute atomic E-state index is 12.0. The Kier molecular flexibility index (Phi) is 10.1. The number of halogens is 1. The summed E-state index contributed by atoms with van der Waals surface area (Å²) in [7, 11) is 1.58. The van der Waals surface area contributed by atoms with E-state index in [-0.39, 0.29) is 18.8 Å². The third kappa shape index (κ3) is 7.68. The van der Waals surface area contributed by atoms with Crippen molar-refractivity contribution in [2.45, 2.75) is 13.3 Å². The molecule has 1 aromatic rings. The van der Waals surface area contributed by atoms with E-state index >= 15 is 0 Å². The maximum Gasteiger partial charge on any atom is 0.344 e. The molecular formula is C18H21BrN2O5. The third-order valence-corrected chi connectivity index (χ3v) is 3.71. The summed E-state index contributed by atoms with van der Waals surface area (Å²) in [6, 6.07) is 6.90. The molecule has 0 atom stereocenters. The number of carbonyl (C=O) groups excluding carboxylic acids is 2. The Hall–Kier alpha value is -2.37. The quantitative estimate of drug-likeness (QED) is 0.268. The van der Waals surface area contributed by atoms with Crippen molar-refractivity contribution in [1.82, 2.24) is 5.32 Å². The zero-order chi connectivity index (χ0) is 19.4. The molecule has 0 radical (unpaired) electrons. The number of amides is 1. The molecule has 0 heterocycles. The van der Waals surface area contributed by atoms with Crippen LogP contribution in [0.2, 0.25) is 0 Å². The van der Waals surface area contributed by atoms with Crippen LogP contribution in [0.3, 0.4) is 0 Å². The molecule has 26 heavy (non-hydrogen) atoms. The van der Waals surface area contributed by atoms with E-state index in [4.69, 9.17) is 14.2 Å². The van der Waals surface area contributed by atoms with E-state index in [9.17, 15) is 14.9 Å². The second kappa shape index (κ2) is 12.1. The van der Waals surface area contributed by atoms with Gasteiger partial charge in [-0.3, -0.25) is 4.79 Å². The average Bonchev–Trinajstić information content (AvgIpc) is 2.62. The summed E-state index contributed by atoms with van der Waals surface area (Å²) >= 11 is 3.34. The molecule has 1 N–H and O–H groups in total. The molecular weight excluding hydrogens is 404 g/mol. The van der Waals surface area contributed by atoms with Gasteiger partial charge in [0, 0.05) is 20.3 Å². The number of nitriles is 1. The second-order valence-corrected chi connectivity index (χ2v) is 5.91. The van der Waals surface area contributed by atoms with Gasteiger partial charge < -0.3 is 19.5 Å². The molecule has 0 unspecified atom stereocenters. The van der Waals surface area contributed by atoms with E-state index in [2.05, 4.69) is 21.2 Å². The molecule has 0 saturated heterocycles. The van der Waals surface area contributed by atoms with Crippen molar-refractivity contribution in [1.29, 1.82) is 5.26 Å². The molecule has 140 valence electrons. The Balaban J connectivity index is 2.74. The lowest BCUT2D eigenvalue weighted by atomic mass is 10.1. The molecule has 8 heteroatoms. The van der Waals surface area contributed by atoms with Gasteiger partial charge in [-0.15, -0.1) is 0 Å². The van der Waals surface area contributed by atoms with Crippen LogP contribution in [0.25, 0.3) is 6.08 Å². The van der Waals surface area contributed by atoms with Crippen molar-refractivity contribution in [3.05, 3.63) is 33.8 Å². The van der Waals surface area contributed by atoms with E-state index in [1.165, 1.54) is 6.08 Å². The van der Waals surface area contributed by atoms with Crippen molar-refractivity contribution in [2.24, 2.45) is 0 Å². The number of benzene rings is 1. The Morgan fingerprint density at radius 2 is 2.15 bits per heavy atom. The number of nitrogens with one attached hydrogen (secondary N) is 1. The van der Waals surface area contributed by atoms with Gasteiger partial charge in [0.05, 0.1) is 11.1 Å². The van der Waals surface area contributed by atoms with E-state index in [0.29, 0.717) is 35.4 Å². The zero-order valence-electron chi connectivity index (χ0n) is 14.7. The molecule has 0 fully saturated rings. The summed E-state index contributed by atoms with van der Waals surface area (Å²) in [4.78, 5) is 23.3. The van der Waals surface area contributed by atoms with Crippen LogP contribution in [0.5, 0.6) is 5.75 Å². The number of methoxy groups -OCH3 is 1. The third-order valence-electron chi connectivity index (χ3n) is 3.09. The van der Waals surface area contributed by atoms with Crippen molar-refractivity contribution in [2.75, 3.05) is 33.5 Å². The lowest BCUT2D eigenvalue weighted by Crippen LogP contribution is -2.26. The molecule has 0 aliphatic rings. The fraction of sp³-hybridized carbons (Fsp3) is 0.389. The molecule has 1 amide bonds. The highest BCUT2D eigenvalue weighted by Gasteiger charge is 2.10. The van der Waals surface area contributed by atoms with Gasteiger partial charge in [-0.2, -0.15) is 5.26 Å². The topological polar surface area (TPSA) is 97.7 Å². The number of esters is 1. The smallest absolute Gasteiger partial charge is 0.344 e. The molecule has 0 bridgehead atoms. The first-order valence-electron chi connectivity index (χ1n) is 7.98. The first-order chi connectivity index (χ1) is 12.5. The normalized spacial score (nSPS) is 10.8. The molecule has 0 aliphatic heterocycles. The molecule has 0 saturated carbocycles. The molecule has 0 aliphatic carbocycles. The van der Waals surface area contributed by atoms with Crippen LogP contribution < -0.4 is 10.1 Å². The average molecular weight is 425 g/mol. The SMILES string of the molecule is CCOC(=O)COc1ccc(/C=C(\C#N)C(=O)NCCCOC)cc1Br. The van der Waals surface area contributed by atoms with Gasteiger partial charge in [0.1, 0.15) is 17.4 Å². The van der Waals surface area contributed by atoms with Crippen LogP contribution in [0, 0.1) is 11.3 Å². The maximum atomic E-state index is 12.0. The minimum absolute atomic E-state index is 0.00508. The summed E-state index contributed by atoms with van der Waals surface area (Å²) in [6.07, 6.45) is 2.14. The van der Waals surface area contributed by atoms with Crippen molar-refractivity contribution < 1.29 is 23.8 Å². The van der Waals surface area contributed by atoms with Crippen LogP contribution in [0.4, 0.5) is 0 Å². The fourth-order valence-corrected chi connectivity index (χ4v) is 2.40. The monoisotopic (exact) mass is 424 g/mol. The second-order valence-electron chi connectivity index (χ2n) is 5.06. The van der Waals surface area contributed by atoms with Crippen molar-refractivity contribution >= 4 is 33.9 Å². The predicted molar refractivity (Wildman–Crippen MR) is 99.4 cm³/mol. The van der Waals surface area contributed by atoms with Gasteiger partial charge in [0.15, 0.2) is 6.61 Å². The van der Waals surface area contributed by atoms with Gasteiger partial charge in [-0.25, -0.2) is 4.79 Å². The summed E-state index contributed by atoms with van der Waals surface area (Å²) < 4.78 is 15.6. The van der Waals surface area contributed by atoms with E-state index in [0.717, 1.165) is 0 Å². The van der Waals surface area contributed by atoms with E-state index in [1.807, 2.05) is 6.07 Å². The number of nitrogens with zero attached hydrogens (tertiary/aromatic N) is 1. The minimum Gasteiger partial charge on any atom is -0.481 e. The first kappa shape index (κ1) is 21.7.